The van der Waals surface area contributed by atoms with Crippen molar-refractivity contribution in [3.63, 3.8) is 0 Å². The molecule has 0 amide bonds. The number of carbonyl (C=O) groups is 1. The molecular formula is C25H27NO5S. The minimum absolute atomic E-state index is 0.102. The molecule has 0 saturated carbocycles. The van der Waals surface area contributed by atoms with Gasteiger partial charge in [-0.25, -0.2) is 13.2 Å². The van der Waals surface area contributed by atoms with Gasteiger partial charge in [-0.15, -0.1) is 0 Å². The van der Waals surface area contributed by atoms with Crippen molar-refractivity contribution in [2.45, 2.75) is 44.6 Å². The van der Waals surface area contributed by atoms with Crippen LogP contribution in [0.2, 0.25) is 0 Å². The summed E-state index contributed by atoms with van der Waals surface area (Å²) in [4.78, 5) is 11.6. The van der Waals surface area contributed by atoms with Gasteiger partial charge in [0.2, 0.25) is 0 Å². The Labute approximate surface area is 188 Å². The quantitative estimate of drug-likeness (QED) is 0.542. The van der Waals surface area contributed by atoms with Crippen molar-refractivity contribution >= 4 is 21.7 Å². The molecule has 0 atom stereocenters. The van der Waals surface area contributed by atoms with E-state index in [0.717, 1.165) is 5.56 Å². The molecule has 3 aromatic carbocycles. The van der Waals surface area contributed by atoms with E-state index in [1.54, 1.807) is 43.3 Å². The largest absolute Gasteiger partial charge is 0.507 e. The van der Waals surface area contributed by atoms with Gasteiger partial charge in [-0.1, -0.05) is 57.2 Å². The van der Waals surface area contributed by atoms with Crippen LogP contribution in [0, 0.1) is 6.92 Å². The number of benzene rings is 3. The van der Waals surface area contributed by atoms with Crippen LogP contribution in [0.15, 0.2) is 71.6 Å². The number of anilines is 1. The summed E-state index contributed by atoms with van der Waals surface area (Å²) in [5, 5.41) is 20.0. The normalized spacial score (nSPS) is 11.9. The van der Waals surface area contributed by atoms with Gasteiger partial charge in [-0.05, 0) is 53.8 Å². The lowest BCUT2D eigenvalue weighted by Crippen LogP contribution is -2.31. The van der Waals surface area contributed by atoms with Gasteiger partial charge >= 0.3 is 5.97 Å². The van der Waals surface area contributed by atoms with Gasteiger partial charge in [0.15, 0.2) is 0 Å². The van der Waals surface area contributed by atoms with Crippen LogP contribution >= 0.6 is 0 Å². The summed E-state index contributed by atoms with van der Waals surface area (Å²) in [5.41, 5.74) is 1.91. The number of sulfonamides is 1. The molecule has 3 aromatic rings. The van der Waals surface area contributed by atoms with Gasteiger partial charge < -0.3 is 10.2 Å². The SMILES string of the molecule is Cc1cc(CN(c2ccc(C(C)(C)C)cc2)S(=O)(=O)c2ccccc2)c(O)c(C(=O)O)c1. The van der Waals surface area contributed by atoms with Crippen LogP contribution < -0.4 is 4.31 Å². The van der Waals surface area contributed by atoms with Crippen molar-refractivity contribution < 1.29 is 23.4 Å². The number of rotatable bonds is 6. The van der Waals surface area contributed by atoms with Gasteiger partial charge in [-0.3, -0.25) is 4.31 Å². The van der Waals surface area contributed by atoms with Crippen molar-refractivity contribution in [3.8, 4) is 5.75 Å². The van der Waals surface area contributed by atoms with Crippen molar-refractivity contribution in [3.05, 3.63) is 89.0 Å². The Hall–Kier alpha value is -3.32. The van der Waals surface area contributed by atoms with Crippen LogP contribution in [0.5, 0.6) is 5.75 Å². The maximum absolute atomic E-state index is 13.6. The highest BCUT2D eigenvalue weighted by atomic mass is 32.2. The molecule has 0 heterocycles. The number of hydrogen-bond acceptors (Lipinski definition) is 4. The molecular weight excluding hydrogens is 426 g/mol. The molecule has 3 rings (SSSR count). The lowest BCUT2D eigenvalue weighted by molar-refractivity contribution is 0.0693. The zero-order valence-corrected chi connectivity index (χ0v) is 19.3. The van der Waals surface area contributed by atoms with E-state index in [4.69, 9.17) is 0 Å². The first-order valence-electron chi connectivity index (χ1n) is 10.2. The van der Waals surface area contributed by atoms with E-state index in [0.29, 0.717) is 11.3 Å². The highest BCUT2D eigenvalue weighted by Crippen LogP contribution is 2.32. The van der Waals surface area contributed by atoms with Gasteiger partial charge in [-0.2, -0.15) is 0 Å². The molecule has 0 fully saturated rings. The van der Waals surface area contributed by atoms with Crippen molar-refractivity contribution in [1.29, 1.82) is 0 Å². The smallest absolute Gasteiger partial charge is 0.339 e. The van der Waals surface area contributed by atoms with E-state index < -0.39 is 21.7 Å². The monoisotopic (exact) mass is 453 g/mol. The van der Waals surface area contributed by atoms with E-state index in [2.05, 4.69) is 20.8 Å². The molecule has 7 heteroatoms. The first-order valence-corrected chi connectivity index (χ1v) is 11.6. The fourth-order valence-corrected chi connectivity index (χ4v) is 4.92. The van der Waals surface area contributed by atoms with Crippen LogP contribution in [-0.4, -0.2) is 24.6 Å². The molecule has 0 aliphatic heterocycles. The molecule has 0 aliphatic carbocycles. The van der Waals surface area contributed by atoms with Gasteiger partial charge in [0, 0.05) is 5.56 Å². The third-order valence-electron chi connectivity index (χ3n) is 5.23. The predicted octanol–water partition coefficient (Wildman–Crippen LogP) is 5.09. The van der Waals surface area contributed by atoms with Gasteiger partial charge in [0.05, 0.1) is 17.1 Å². The Bertz CT molecular complexity index is 1230. The Morgan fingerprint density at radius 1 is 0.969 bits per heavy atom. The molecule has 32 heavy (non-hydrogen) atoms. The van der Waals surface area contributed by atoms with E-state index in [1.165, 1.54) is 22.5 Å². The maximum Gasteiger partial charge on any atom is 0.339 e. The third kappa shape index (κ3) is 4.78. The first kappa shape index (κ1) is 23.3. The summed E-state index contributed by atoms with van der Waals surface area (Å²) in [7, 11) is -3.99. The molecule has 6 nitrogen and oxygen atoms in total. The lowest BCUT2D eigenvalue weighted by Gasteiger charge is -2.27. The number of aryl methyl sites for hydroxylation is 1. The Morgan fingerprint density at radius 2 is 1.56 bits per heavy atom. The zero-order chi connectivity index (χ0) is 23.7. The molecule has 2 N–H and O–H groups in total. The zero-order valence-electron chi connectivity index (χ0n) is 18.5. The summed E-state index contributed by atoms with van der Waals surface area (Å²) < 4.78 is 28.3. The number of carboxylic acids is 1. The number of aromatic carboxylic acids is 1. The van der Waals surface area contributed by atoms with Crippen molar-refractivity contribution in [1.82, 2.24) is 0 Å². The third-order valence-corrected chi connectivity index (χ3v) is 7.02. The lowest BCUT2D eigenvalue weighted by atomic mass is 9.87. The van der Waals surface area contributed by atoms with Crippen LogP contribution in [0.1, 0.15) is 47.8 Å². The highest BCUT2D eigenvalue weighted by Gasteiger charge is 2.27. The number of nitrogens with zero attached hydrogens (tertiary/aromatic N) is 1. The van der Waals surface area contributed by atoms with Crippen molar-refractivity contribution in [2.24, 2.45) is 0 Å². The summed E-state index contributed by atoms with van der Waals surface area (Å²) in [5.74, 6) is -1.72. The molecule has 0 unspecified atom stereocenters. The van der Waals surface area contributed by atoms with Crippen molar-refractivity contribution in [2.75, 3.05) is 4.31 Å². The van der Waals surface area contributed by atoms with E-state index in [9.17, 15) is 23.4 Å². The van der Waals surface area contributed by atoms with Crippen LogP contribution in [-0.2, 0) is 22.0 Å². The maximum atomic E-state index is 13.6. The molecule has 0 aliphatic rings. The second kappa shape index (κ2) is 8.67. The average Bonchev–Trinajstić information content (AvgIpc) is 2.73. The van der Waals surface area contributed by atoms with E-state index in [1.807, 2.05) is 12.1 Å². The van der Waals surface area contributed by atoms with Crippen LogP contribution in [0.3, 0.4) is 0 Å². The second-order valence-corrected chi connectivity index (χ2v) is 10.6. The first-order chi connectivity index (χ1) is 14.9. The molecule has 0 spiro atoms. The van der Waals surface area contributed by atoms with E-state index in [-0.39, 0.29) is 28.0 Å². The topological polar surface area (TPSA) is 94.9 Å². The number of carboxylic acid groups (broad SMARTS) is 1. The summed E-state index contributed by atoms with van der Waals surface area (Å²) in [6.07, 6.45) is 0. The summed E-state index contributed by atoms with van der Waals surface area (Å²) in [6.45, 7) is 7.68. The molecule has 0 radical (unpaired) electrons. The summed E-state index contributed by atoms with van der Waals surface area (Å²) >= 11 is 0. The number of aromatic hydroxyl groups is 1. The highest BCUT2D eigenvalue weighted by molar-refractivity contribution is 7.92. The summed E-state index contributed by atoms with van der Waals surface area (Å²) in [6, 6.07) is 18.2. The average molecular weight is 454 g/mol. The Kier molecular flexibility index (Phi) is 6.32. The number of phenols is 1. The minimum atomic E-state index is -3.99. The fourth-order valence-electron chi connectivity index (χ4n) is 3.45. The van der Waals surface area contributed by atoms with Crippen LogP contribution in [0.4, 0.5) is 5.69 Å². The van der Waals surface area contributed by atoms with Crippen LogP contribution in [0.25, 0.3) is 0 Å². The molecule has 0 bridgehead atoms. The number of hydrogen-bond donors (Lipinski definition) is 2. The predicted molar refractivity (Wildman–Crippen MR) is 125 cm³/mol. The minimum Gasteiger partial charge on any atom is -0.507 e. The molecule has 168 valence electrons. The van der Waals surface area contributed by atoms with Gasteiger partial charge in [0.25, 0.3) is 10.0 Å². The fraction of sp³-hybridized carbons (Fsp3) is 0.240. The second-order valence-electron chi connectivity index (χ2n) is 8.75. The molecule has 0 saturated heterocycles. The van der Waals surface area contributed by atoms with E-state index >= 15 is 0 Å². The standard InChI is InChI=1S/C25H27NO5S/c1-17-14-18(23(27)22(15-17)24(28)29)16-26(32(30,31)21-8-6-5-7-9-21)20-12-10-19(11-13-20)25(2,3)4/h5-15,27H,16H2,1-4H3,(H,28,29). The molecule has 0 aromatic heterocycles. The Balaban J connectivity index is 2.15. The Morgan fingerprint density at radius 3 is 2.09 bits per heavy atom. The van der Waals surface area contributed by atoms with Gasteiger partial charge in [0.1, 0.15) is 11.3 Å².